The molecule has 6 heteroatoms. The second-order valence-electron chi connectivity index (χ2n) is 9.43. The minimum absolute atomic E-state index is 0.158. The molecular formula is C33H36N2O4. The van der Waals surface area contributed by atoms with E-state index < -0.39 is 0 Å². The third kappa shape index (κ3) is 9.28. The van der Waals surface area contributed by atoms with Crippen molar-refractivity contribution in [2.24, 2.45) is 0 Å². The summed E-state index contributed by atoms with van der Waals surface area (Å²) in [6.07, 6.45) is 1.84. The first-order valence-electron chi connectivity index (χ1n) is 13.2. The Bertz CT molecular complexity index is 1280. The van der Waals surface area contributed by atoms with Crippen molar-refractivity contribution >= 4 is 12.1 Å². The zero-order valence-corrected chi connectivity index (χ0v) is 22.5. The van der Waals surface area contributed by atoms with Crippen LogP contribution in [0.1, 0.15) is 35.3 Å². The van der Waals surface area contributed by atoms with Crippen LogP contribution in [-0.4, -0.2) is 26.2 Å². The summed E-state index contributed by atoms with van der Waals surface area (Å²) in [5.74, 6) is 1.57. The van der Waals surface area contributed by atoms with Gasteiger partial charge >= 0.3 is 0 Å². The van der Waals surface area contributed by atoms with Gasteiger partial charge in [0.25, 0.3) is 0 Å². The lowest BCUT2D eigenvalue weighted by Gasteiger charge is -2.14. The van der Waals surface area contributed by atoms with Crippen molar-refractivity contribution in [2.75, 3.05) is 19.0 Å². The van der Waals surface area contributed by atoms with Crippen LogP contribution in [0, 0.1) is 0 Å². The topological polar surface area (TPSA) is 72.1 Å². The Balaban J connectivity index is 0.000000181. The summed E-state index contributed by atoms with van der Waals surface area (Å²) in [4.78, 5) is 10.7. The van der Waals surface area contributed by atoms with Gasteiger partial charge in [0.15, 0.2) is 0 Å². The SMILES string of the molecule is COc1ccc(C[C@@H](C)NCc2ccccc2)cc1.O=CNc1cc([C@H]2CO2)ccc1OCc1ccccc1. The van der Waals surface area contributed by atoms with Crippen LogP contribution in [0.4, 0.5) is 5.69 Å². The molecule has 0 bridgehead atoms. The van der Waals surface area contributed by atoms with Gasteiger partial charge in [0.2, 0.25) is 6.41 Å². The molecule has 0 unspecified atom stereocenters. The van der Waals surface area contributed by atoms with Crippen LogP contribution < -0.4 is 20.1 Å². The molecule has 2 N–H and O–H groups in total. The summed E-state index contributed by atoms with van der Waals surface area (Å²) in [6, 6.07) is 34.8. The van der Waals surface area contributed by atoms with Gasteiger partial charge in [-0.2, -0.15) is 0 Å². The van der Waals surface area contributed by atoms with Gasteiger partial charge in [0, 0.05) is 12.6 Å². The van der Waals surface area contributed by atoms with Crippen LogP contribution in [0.25, 0.3) is 0 Å². The fourth-order valence-electron chi connectivity index (χ4n) is 4.10. The predicted octanol–water partition coefficient (Wildman–Crippen LogP) is 6.32. The molecule has 4 aromatic rings. The predicted molar refractivity (Wildman–Crippen MR) is 155 cm³/mol. The van der Waals surface area contributed by atoms with Crippen molar-refractivity contribution in [3.63, 3.8) is 0 Å². The molecule has 0 saturated carbocycles. The van der Waals surface area contributed by atoms with Gasteiger partial charge in [0.05, 0.1) is 19.4 Å². The Labute approximate surface area is 230 Å². The second kappa shape index (κ2) is 14.7. The molecule has 4 aromatic carbocycles. The first-order valence-corrected chi connectivity index (χ1v) is 13.2. The number of amides is 1. The minimum atomic E-state index is 0.158. The summed E-state index contributed by atoms with van der Waals surface area (Å²) in [5, 5.41) is 6.22. The number of anilines is 1. The Hall–Kier alpha value is -4.13. The summed E-state index contributed by atoms with van der Waals surface area (Å²) < 4.78 is 16.2. The van der Waals surface area contributed by atoms with Gasteiger partial charge < -0.3 is 24.8 Å². The number of hydrogen-bond acceptors (Lipinski definition) is 5. The molecule has 1 saturated heterocycles. The van der Waals surface area contributed by atoms with E-state index in [1.54, 1.807) is 7.11 Å². The maximum Gasteiger partial charge on any atom is 0.211 e. The lowest BCUT2D eigenvalue weighted by molar-refractivity contribution is -0.105. The molecule has 0 radical (unpaired) electrons. The van der Waals surface area contributed by atoms with Gasteiger partial charge in [0.1, 0.15) is 24.2 Å². The number of nitrogens with one attached hydrogen (secondary N) is 2. The molecule has 0 spiro atoms. The fourth-order valence-corrected chi connectivity index (χ4v) is 4.10. The van der Waals surface area contributed by atoms with Crippen LogP contribution >= 0.6 is 0 Å². The number of carbonyl (C=O) groups excluding carboxylic acids is 1. The Morgan fingerprint density at radius 2 is 1.56 bits per heavy atom. The smallest absolute Gasteiger partial charge is 0.211 e. The van der Waals surface area contributed by atoms with Crippen LogP contribution in [0.2, 0.25) is 0 Å². The van der Waals surface area contributed by atoms with E-state index in [0.717, 1.165) is 36.4 Å². The molecule has 0 aliphatic carbocycles. The number of ether oxygens (including phenoxy) is 3. The van der Waals surface area contributed by atoms with E-state index in [-0.39, 0.29) is 6.10 Å². The van der Waals surface area contributed by atoms with E-state index in [1.807, 2.05) is 66.7 Å². The lowest BCUT2D eigenvalue weighted by atomic mass is 10.1. The molecule has 1 aliphatic heterocycles. The van der Waals surface area contributed by atoms with E-state index in [4.69, 9.17) is 14.2 Å². The highest BCUT2D eigenvalue weighted by molar-refractivity contribution is 5.76. The number of carbonyl (C=O) groups is 1. The van der Waals surface area contributed by atoms with Gasteiger partial charge in [-0.1, -0.05) is 78.9 Å². The monoisotopic (exact) mass is 524 g/mol. The summed E-state index contributed by atoms with van der Waals surface area (Å²) in [6.45, 7) is 4.34. The molecule has 1 amide bonds. The maximum absolute atomic E-state index is 10.7. The van der Waals surface area contributed by atoms with Crippen LogP contribution in [0.3, 0.4) is 0 Å². The molecule has 1 aliphatic rings. The Morgan fingerprint density at radius 3 is 2.18 bits per heavy atom. The highest BCUT2D eigenvalue weighted by Gasteiger charge is 2.25. The Morgan fingerprint density at radius 1 is 0.897 bits per heavy atom. The molecule has 1 fully saturated rings. The van der Waals surface area contributed by atoms with Crippen molar-refractivity contribution in [2.45, 2.75) is 38.6 Å². The standard InChI is InChI=1S/C17H21NO.C16H15NO3/c1-14(18-13-16-6-4-3-5-7-16)12-15-8-10-17(19-2)11-9-15;18-11-17-14-8-13(16-10-20-16)6-7-15(14)19-9-12-4-2-1-3-5-12/h3-11,14,18H,12-13H2,1-2H3;1-8,11,16H,9-10H2,(H,17,18)/t14-;16-/m11/s1. The minimum Gasteiger partial charge on any atom is -0.497 e. The third-order valence-corrected chi connectivity index (χ3v) is 6.36. The molecule has 202 valence electrons. The molecule has 1 heterocycles. The van der Waals surface area contributed by atoms with Crippen LogP contribution in [0.15, 0.2) is 103 Å². The first kappa shape index (κ1) is 27.9. The van der Waals surface area contributed by atoms with Crippen molar-refractivity contribution in [1.29, 1.82) is 0 Å². The number of benzene rings is 4. The summed E-state index contributed by atoms with van der Waals surface area (Å²) >= 11 is 0. The van der Waals surface area contributed by atoms with Gasteiger partial charge in [-0.05, 0) is 59.9 Å². The highest BCUT2D eigenvalue weighted by atomic mass is 16.6. The lowest BCUT2D eigenvalue weighted by Crippen LogP contribution is -2.27. The van der Waals surface area contributed by atoms with Gasteiger partial charge in [-0.3, -0.25) is 4.79 Å². The first-order chi connectivity index (χ1) is 19.1. The zero-order valence-electron chi connectivity index (χ0n) is 22.5. The normalized spacial score (nSPS) is 14.4. The van der Waals surface area contributed by atoms with Gasteiger partial charge in [-0.15, -0.1) is 0 Å². The molecule has 6 nitrogen and oxygen atoms in total. The number of hydrogen-bond donors (Lipinski definition) is 2. The average Bonchev–Trinajstić information content (AvgIpc) is 3.83. The van der Waals surface area contributed by atoms with E-state index in [1.165, 1.54) is 11.1 Å². The van der Waals surface area contributed by atoms with Crippen molar-refractivity contribution in [3.05, 3.63) is 125 Å². The van der Waals surface area contributed by atoms with E-state index >= 15 is 0 Å². The largest absolute Gasteiger partial charge is 0.497 e. The quantitative estimate of drug-likeness (QED) is 0.168. The molecular weight excluding hydrogens is 488 g/mol. The highest BCUT2D eigenvalue weighted by Crippen LogP contribution is 2.35. The zero-order chi connectivity index (χ0) is 27.3. The molecule has 2 atom stereocenters. The third-order valence-electron chi connectivity index (χ3n) is 6.36. The van der Waals surface area contributed by atoms with Crippen LogP contribution in [-0.2, 0) is 29.1 Å². The van der Waals surface area contributed by atoms with Crippen molar-refractivity contribution in [3.8, 4) is 11.5 Å². The molecule has 39 heavy (non-hydrogen) atoms. The number of epoxide rings is 1. The average molecular weight is 525 g/mol. The fraction of sp³-hybridized carbons (Fsp3) is 0.242. The summed E-state index contributed by atoms with van der Waals surface area (Å²) in [5.41, 5.74) is 5.46. The van der Waals surface area contributed by atoms with Crippen LogP contribution in [0.5, 0.6) is 11.5 Å². The Kier molecular flexibility index (Phi) is 10.5. The van der Waals surface area contributed by atoms with E-state index in [2.05, 4.69) is 54.0 Å². The molecule has 5 rings (SSSR count). The van der Waals surface area contributed by atoms with Crippen molar-refractivity contribution < 1.29 is 19.0 Å². The number of methoxy groups -OCH3 is 1. The van der Waals surface area contributed by atoms with Gasteiger partial charge in [-0.25, -0.2) is 0 Å². The second-order valence-corrected chi connectivity index (χ2v) is 9.43. The van der Waals surface area contributed by atoms with E-state index in [9.17, 15) is 4.79 Å². The molecule has 0 aromatic heterocycles. The van der Waals surface area contributed by atoms with E-state index in [0.29, 0.717) is 30.5 Å². The maximum atomic E-state index is 10.7. The summed E-state index contributed by atoms with van der Waals surface area (Å²) in [7, 11) is 1.69. The van der Waals surface area contributed by atoms with Crippen molar-refractivity contribution in [1.82, 2.24) is 5.32 Å². The number of rotatable bonds is 12.